The summed E-state index contributed by atoms with van der Waals surface area (Å²) >= 11 is 3.32. The first-order chi connectivity index (χ1) is 13.8. The molecule has 0 atom stereocenters. The molecule has 1 saturated heterocycles. The number of morpholine rings is 1. The van der Waals surface area contributed by atoms with Crippen LogP contribution in [0.25, 0.3) is 0 Å². The summed E-state index contributed by atoms with van der Waals surface area (Å²) in [5, 5.41) is 21.1. The van der Waals surface area contributed by atoms with E-state index in [1.807, 2.05) is 0 Å². The summed E-state index contributed by atoms with van der Waals surface area (Å²) in [5.41, 5.74) is 0.0408. The molecule has 1 aliphatic rings. The molecule has 1 heterocycles. The molecule has 0 aromatic heterocycles. The third-order valence-corrected chi connectivity index (χ3v) is 6.98. The van der Waals surface area contributed by atoms with Crippen LogP contribution in [0.5, 0.6) is 0 Å². The lowest BCUT2D eigenvalue weighted by molar-refractivity contribution is -0.385. The average molecular weight is 495 g/mol. The number of aliphatic hydroxyl groups is 1. The fourth-order valence-corrected chi connectivity index (χ4v) is 4.87. The molecule has 0 saturated carbocycles. The van der Waals surface area contributed by atoms with E-state index in [0.29, 0.717) is 37.3 Å². The number of nitrogens with zero attached hydrogens (tertiary/aromatic N) is 4. The molecule has 0 amide bonds. The van der Waals surface area contributed by atoms with Gasteiger partial charge in [0.15, 0.2) is 0 Å². The smallest absolute Gasteiger partial charge is 0.270 e. The molecule has 0 aliphatic carbocycles. The van der Waals surface area contributed by atoms with Crippen LogP contribution in [0.2, 0.25) is 0 Å². The lowest BCUT2D eigenvalue weighted by Crippen LogP contribution is -2.42. The number of rotatable bonds is 11. The van der Waals surface area contributed by atoms with E-state index in [1.54, 1.807) is 4.90 Å². The molecule has 1 aromatic rings. The standard InChI is InChI=1S/C17H27BrN4O6S/c1-19(6-7-20-9-12-28-13-10-20)29(26,27)17-14-15(22(24)25)2-3-16(17)21(5-4-18)8-11-23/h2-3,14,23H,4-13H2,1H3. The number of benzene rings is 1. The summed E-state index contributed by atoms with van der Waals surface area (Å²) in [4.78, 5) is 14.3. The third kappa shape index (κ3) is 6.33. The van der Waals surface area contributed by atoms with Crippen molar-refractivity contribution in [3.05, 3.63) is 28.3 Å². The molecular weight excluding hydrogens is 468 g/mol. The van der Waals surface area contributed by atoms with Crippen molar-refractivity contribution in [2.75, 3.05) is 76.4 Å². The first kappa shape index (κ1) is 24.0. The van der Waals surface area contributed by atoms with Crippen LogP contribution < -0.4 is 4.90 Å². The van der Waals surface area contributed by atoms with E-state index in [1.165, 1.54) is 23.5 Å². The lowest BCUT2D eigenvalue weighted by atomic mass is 10.2. The van der Waals surface area contributed by atoms with Gasteiger partial charge >= 0.3 is 0 Å². The van der Waals surface area contributed by atoms with E-state index in [0.717, 1.165) is 19.2 Å². The highest BCUT2D eigenvalue weighted by Crippen LogP contribution is 2.31. The Bertz CT molecular complexity index is 782. The first-order valence-electron chi connectivity index (χ1n) is 9.28. The highest BCUT2D eigenvalue weighted by molar-refractivity contribution is 9.09. The van der Waals surface area contributed by atoms with E-state index in [-0.39, 0.29) is 30.3 Å². The minimum Gasteiger partial charge on any atom is -0.395 e. The van der Waals surface area contributed by atoms with Gasteiger partial charge in [0, 0.05) is 63.8 Å². The van der Waals surface area contributed by atoms with Crippen molar-refractivity contribution < 1.29 is 23.2 Å². The molecule has 1 aliphatic heterocycles. The Kier molecular flexibility index (Phi) is 9.24. The maximum absolute atomic E-state index is 13.3. The predicted octanol–water partition coefficient (Wildman–Crippen LogP) is 0.741. The Hall–Kier alpha value is -1.31. The number of non-ortho nitro benzene ring substituents is 1. The Balaban J connectivity index is 2.33. The van der Waals surface area contributed by atoms with Gasteiger partial charge in [0.25, 0.3) is 5.69 Å². The van der Waals surface area contributed by atoms with Crippen molar-refractivity contribution in [2.45, 2.75) is 4.90 Å². The van der Waals surface area contributed by atoms with Crippen LogP contribution in [0, 0.1) is 10.1 Å². The quantitative estimate of drug-likeness (QED) is 0.272. The molecule has 29 heavy (non-hydrogen) atoms. The van der Waals surface area contributed by atoms with Gasteiger partial charge in [0.2, 0.25) is 10.0 Å². The molecule has 2 rings (SSSR count). The van der Waals surface area contributed by atoms with Gasteiger partial charge in [-0.15, -0.1) is 0 Å². The number of hydrogen-bond donors (Lipinski definition) is 1. The molecule has 1 N–H and O–H groups in total. The number of anilines is 1. The van der Waals surface area contributed by atoms with Gasteiger partial charge in [0.05, 0.1) is 30.4 Å². The largest absolute Gasteiger partial charge is 0.395 e. The number of nitro benzene ring substituents is 1. The zero-order valence-corrected chi connectivity index (χ0v) is 18.8. The summed E-state index contributed by atoms with van der Waals surface area (Å²) in [6.45, 7) is 4.01. The monoisotopic (exact) mass is 494 g/mol. The summed E-state index contributed by atoms with van der Waals surface area (Å²) in [5.74, 6) is 0. The van der Waals surface area contributed by atoms with Gasteiger partial charge in [-0.3, -0.25) is 15.0 Å². The minimum atomic E-state index is -3.98. The molecule has 1 fully saturated rings. The molecular formula is C17H27BrN4O6S. The van der Waals surface area contributed by atoms with Crippen LogP contribution >= 0.6 is 15.9 Å². The van der Waals surface area contributed by atoms with Crippen molar-refractivity contribution in [3.63, 3.8) is 0 Å². The number of nitro groups is 1. The van der Waals surface area contributed by atoms with Crippen molar-refractivity contribution in [3.8, 4) is 0 Å². The maximum Gasteiger partial charge on any atom is 0.270 e. The van der Waals surface area contributed by atoms with Gasteiger partial charge in [-0.1, -0.05) is 15.9 Å². The van der Waals surface area contributed by atoms with E-state index in [9.17, 15) is 23.6 Å². The highest BCUT2D eigenvalue weighted by atomic mass is 79.9. The molecule has 0 unspecified atom stereocenters. The Morgan fingerprint density at radius 1 is 1.28 bits per heavy atom. The molecule has 164 valence electrons. The minimum absolute atomic E-state index is 0.134. The molecule has 1 aromatic carbocycles. The fourth-order valence-electron chi connectivity index (χ4n) is 3.05. The first-order valence-corrected chi connectivity index (χ1v) is 11.8. The number of ether oxygens (including phenoxy) is 1. The van der Waals surface area contributed by atoms with E-state index in [4.69, 9.17) is 4.74 Å². The van der Waals surface area contributed by atoms with Crippen LogP contribution in [0.4, 0.5) is 11.4 Å². The number of halogens is 1. The Labute approximate surface area is 179 Å². The maximum atomic E-state index is 13.3. The zero-order valence-electron chi connectivity index (χ0n) is 16.4. The van der Waals surface area contributed by atoms with Crippen LogP contribution in [0.1, 0.15) is 0 Å². The normalized spacial score (nSPS) is 15.6. The summed E-state index contributed by atoms with van der Waals surface area (Å²) in [7, 11) is -2.50. The summed E-state index contributed by atoms with van der Waals surface area (Å²) in [6, 6.07) is 3.80. The van der Waals surface area contributed by atoms with Gasteiger partial charge in [-0.05, 0) is 6.07 Å². The van der Waals surface area contributed by atoms with E-state index in [2.05, 4.69) is 20.8 Å². The van der Waals surface area contributed by atoms with Gasteiger partial charge in [-0.25, -0.2) is 8.42 Å². The van der Waals surface area contributed by atoms with Crippen LogP contribution in [0.15, 0.2) is 23.1 Å². The number of aliphatic hydroxyl groups excluding tert-OH is 1. The van der Waals surface area contributed by atoms with Crippen molar-refractivity contribution in [1.82, 2.24) is 9.21 Å². The number of likely N-dealkylation sites (N-methyl/N-ethyl adjacent to an activating group) is 1. The van der Waals surface area contributed by atoms with Gasteiger partial charge in [0.1, 0.15) is 4.90 Å². The number of alkyl halides is 1. The van der Waals surface area contributed by atoms with Gasteiger partial charge in [-0.2, -0.15) is 4.31 Å². The lowest BCUT2D eigenvalue weighted by Gasteiger charge is -2.29. The van der Waals surface area contributed by atoms with Gasteiger partial charge < -0.3 is 14.7 Å². The summed E-state index contributed by atoms with van der Waals surface area (Å²) < 4.78 is 33.1. The predicted molar refractivity (Wildman–Crippen MR) is 113 cm³/mol. The molecule has 0 spiro atoms. The molecule has 0 bridgehead atoms. The number of hydrogen-bond acceptors (Lipinski definition) is 8. The van der Waals surface area contributed by atoms with Crippen LogP contribution in [-0.4, -0.2) is 99.1 Å². The second-order valence-electron chi connectivity index (χ2n) is 6.59. The summed E-state index contributed by atoms with van der Waals surface area (Å²) in [6.07, 6.45) is 0. The van der Waals surface area contributed by atoms with Crippen molar-refractivity contribution >= 4 is 37.3 Å². The SMILES string of the molecule is CN(CCN1CCOCC1)S(=O)(=O)c1cc([N+](=O)[O-])ccc1N(CCO)CCBr. The highest BCUT2D eigenvalue weighted by Gasteiger charge is 2.29. The van der Waals surface area contributed by atoms with Crippen LogP contribution in [-0.2, 0) is 14.8 Å². The van der Waals surface area contributed by atoms with Crippen molar-refractivity contribution in [2.24, 2.45) is 0 Å². The molecule has 0 radical (unpaired) electrons. The number of sulfonamides is 1. The Morgan fingerprint density at radius 3 is 2.55 bits per heavy atom. The molecule has 10 nitrogen and oxygen atoms in total. The third-order valence-electron chi connectivity index (χ3n) is 4.74. The second kappa shape index (κ2) is 11.2. The van der Waals surface area contributed by atoms with Crippen LogP contribution in [0.3, 0.4) is 0 Å². The van der Waals surface area contributed by atoms with Crippen molar-refractivity contribution in [1.29, 1.82) is 0 Å². The second-order valence-corrected chi connectivity index (χ2v) is 9.40. The average Bonchev–Trinajstić information content (AvgIpc) is 2.72. The zero-order chi connectivity index (χ0) is 21.4. The molecule has 12 heteroatoms. The van der Waals surface area contributed by atoms with E-state index >= 15 is 0 Å². The fraction of sp³-hybridized carbons (Fsp3) is 0.647. The topological polar surface area (TPSA) is 116 Å². The Morgan fingerprint density at radius 2 is 1.97 bits per heavy atom. The van der Waals surface area contributed by atoms with E-state index < -0.39 is 14.9 Å².